The fourth-order valence-electron chi connectivity index (χ4n) is 4.51. The van der Waals surface area contributed by atoms with Crippen LogP contribution in [0.5, 0.6) is 0 Å². The van der Waals surface area contributed by atoms with Gasteiger partial charge in [0.1, 0.15) is 10.7 Å². The maximum atomic E-state index is 5.16. The van der Waals surface area contributed by atoms with Gasteiger partial charge in [0.25, 0.3) is 5.82 Å². The molecule has 0 radical (unpaired) electrons. The van der Waals surface area contributed by atoms with Crippen LogP contribution in [0.4, 0.5) is 0 Å². The molecule has 0 N–H and O–H groups in total. The number of fused-ring (bicyclic) bond motifs is 2. The zero-order chi connectivity index (χ0) is 21.7. The molecule has 154 valence electrons. The molecular formula is C28H22N3S+. The maximum absolute atomic E-state index is 5.16. The Balaban J connectivity index is 1.72. The van der Waals surface area contributed by atoms with Crippen molar-refractivity contribution in [2.45, 2.75) is 6.92 Å². The van der Waals surface area contributed by atoms with E-state index < -0.39 is 0 Å². The topological polar surface area (TPSA) is 21.7 Å². The number of hydrogen-bond acceptors (Lipinski definition) is 2. The van der Waals surface area contributed by atoms with Gasteiger partial charge in [0.05, 0.1) is 22.8 Å². The highest BCUT2D eigenvalue weighted by Crippen LogP contribution is 2.38. The SMILES string of the molecule is Cc1ccc2sc(-c3ccccc3)nc2c1-c1n(-c2ccccc2)c2ccccc2[n+]1C. The molecule has 0 aliphatic carbocycles. The van der Waals surface area contributed by atoms with Gasteiger partial charge in [-0.2, -0.15) is 4.57 Å². The monoisotopic (exact) mass is 432 g/mol. The lowest BCUT2D eigenvalue weighted by atomic mass is 10.1. The molecule has 0 saturated heterocycles. The van der Waals surface area contributed by atoms with E-state index in [1.807, 2.05) is 6.07 Å². The van der Waals surface area contributed by atoms with Crippen LogP contribution in [-0.4, -0.2) is 9.55 Å². The zero-order valence-corrected chi connectivity index (χ0v) is 18.8. The van der Waals surface area contributed by atoms with E-state index in [2.05, 4.69) is 114 Å². The highest BCUT2D eigenvalue weighted by Gasteiger charge is 2.29. The summed E-state index contributed by atoms with van der Waals surface area (Å²) in [4.78, 5) is 5.16. The first-order chi connectivity index (χ1) is 15.7. The van der Waals surface area contributed by atoms with Gasteiger partial charge in [-0.25, -0.2) is 9.55 Å². The first kappa shape index (κ1) is 19.0. The van der Waals surface area contributed by atoms with Gasteiger partial charge in [0.2, 0.25) is 0 Å². The Morgan fingerprint density at radius 1 is 0.781 bits per heavy atom. The average molecular weight is 433 g/mol. The number of rotatable bonds is 3. The van der Waals surface area contributed by atoms with Crippen molar-refractivity contribution < 1.29 is 4.57 Å². The maximum Gasteiger partial charge on any atom is 0.297 e. The van der Waals surface area contributed by atoms with Crippen molar-refractivity contribution in [1.29, 1.82) is 0 Å². The van der Waals surface area contributed by atoms with Gasteiger partial charge in [-0.15, -0.1) is 11.3 Å². The van der Waals surface area contributed by atoms with E-state index >= 15 is 0 Å². The van der Waals surface area contributed by atoms with Crippen LogP contribution < -0.4 is 4.57 Å². The summed E-state index contributed by atoms with van der Waals surface area (Å²) in [5.41, 5.74) is 8.15. The quantitative estimate of drug-likeness (QED) is 0.285. The number of thiazole rings is 1. The lowest BCUT2D eigenvalue weighted by molar-refractivity contribution is -0.633. The first-order valence-corrected chi connectivity index (χ1v) is 11.5. The minimum Gasteiger partial charge on any atom is -0.235 e. The van der Waals surface area contributed by atoms with Crippen molar-refractivity contribution in [2.24, 2.45) is 7.05 Å². The molecule has 0 bridgehead atoms. The van der Waals surface area contributed by atoms with Gasteiger partial charge in [-0.1, -0.05) is 66.7 Å². The van der Waals surface area contributed by atoms with Crippen LogP contribution in [0.25, 0.3) is 48.9 Å². The number of nitrogens with zero attached hydrogens (tertiary/aromatic N) is 3. The Labute approximate surface area is 190 Å². The average Bonchev–Trinajstić information content (AvgIpc) is 3.40. The predicted molar refractivity (Wildman–Crippen MR) is 133 cm³/mol. The summed E-state index contributed by atoms with van der Waals surface area (Å²) >= 11 is 1.75. The molecule has 4 aromatic carbocycles. The number of hydrogen-bond donors (Lipinski definition) is 0. The molecule has 0 spiro atoms. The summed E-state index contributed by atoms with van der Waals surface area (Å²) in [6, 6.07) is 34.0. The molecule has 32 heavy (non-hydrogen) atoms. The Bertz CT molecular complexity index is 1580. The number of imidazole rings is 1. The molecule has 3 nitrogen and oxygen atoms in total. The minimum atomic E-state index is 1.05. The second kappa shape index (κ2) is 7.43. The zero-order valence-electron chi connectivity index (χ0n) is 18.0. The Hall–Kier alpha value is -3.76. The lowest BCUT2D eigenvalue weighted by Gasteiger charge is -2.07. The molecule has 0 aliphatic rings. The van der Waals surface area contributed by atoms with Crippen LogP contribution in [0.3, 0.4) is 0 Å². The van der Waals surface area contributed by atoms with Gasteiger partial charge in [0.15, 0.2) is 11.0 Å². The molecule has 0 atom stereocenters. The second-order valence-electron chi connectivity index (χ2n) is 8.03. The van der Waals surface area contributed by atoms with Crippen LogP contribution in [0.1, 0.15) is 5.56 Å². The molecule has 2 aromatic heterocycles. The Kier molecular flexibility index (Phi) is 4.40. The molecule has 4 heteroatoms. The fraction of sp³-hybridized carbons (Fsp3) is 0.0714. The number of aromatic nitrogens is 3. The van der Waals surface area contributed by atoms with Gasteiger partial charge in [0, 0.05) is 5.56 Å². The van der Waals surface area contributed by atoms with E-state index in [1.54, 1.807) is 11.3 Å². The van der Waals surface area contributed by atoms with Crippen molar-refractivity contribution >= 4 is 32.6 Å². The van der Waals surface area contributed by atoms with Crippen LogP contribution in [0.2, 0.25) is 0 Å². The summed E-state index contributed by atoms with van der Waals surface area (Å²) in [6.45, 7) is 2.18. The molecule has 0 saturated carbocycles. The van der Waals surface area contributed by atoms with E-state index in [9.17, 15) is 0 Å². The van der Waals surface area contributed by atoms with Crippen LogP contribution in [0, 0.1) is 6.92 Å². The van der Waals surface area contributed by atoms with Gasteiger partial charge < -0.3 is 0 Å². The number of para-hydroxylation sites is 3. The molecular weight excluding hydrogens is 410 g/mol. The standard InChI is InChI=1S/C28H22N3S/c1-19-17-18-24-26(29-27(32-24)20-11-5-3-6-12-20)25(19)28-30(2)22-15-9-10-16-23(22)31(28)21-13-7-4-8-14-21/h3-18H,1-2H3/q+1. The predicted octanol–water partition coefficient (Wildman–Crippen LogP) is 6.71. The van der Waals surface area contributed by atoms with Gasteiger partial charge >= 0.3 is 0 Å². The van der Waals surface area contributed by atoms with Gasteiger partial charge in [-0.05, 0) is 42.8 Å². The molecule has 0 fully saturated rings. The van der Waals surface area contributed by atoms with E-state index in [1.165, 1.54) is 26.9 Å². The minimum absolute atomic E-state index is 1.05. The first-order valence-electron chi connectivity index (χ1n) is 10.7. The third-order valence-electron chi connectivity index (χ3n) is 6.04. The van der Waals surface area contributed by atoms with E-state index in [0.29, 0.717) is 0 Å². The molecule has 0 unspecified atom stereocenters. The molecule has 6 aromatic rings. The van der Waals surface area contributed by atoms with Crippen LogP contribution in [-0.2, 0) is 7.05 Å². The molecule has 2 heterocycles. The Morgan fingerprint density at radius 3 is 2.25 bits per heavy atom. The van der Waals surface area contributed by atoms with Crippen molar-refractivity contribution in [3.05, 3.63) is 103 Å². The van der Waals surface area contributed by atoms with Crippen LogP contribution in [0.15, 0.2) is 97.1 Å². The number of benzene rings is 4. The summed E-state index contributed by atoms with van der Waals surface area (Å²) in [7, 11) is 2.15. The van der Waals surface area contributed by atoms with Crippen LogP contribution >= 0.6 is 11.3 Å². The highest BCUT2D eigenvalue weighted by molar-refractivity contribution is 7.21. The van der Waals surface area contributed by atoms with Crippen molar-refractivity contribution in [3.63, 3.8) is 0 Å². The van der Waals surface area contributed by atoms with Crippen molar-refractivity contribution in [3.8, 4) is 27.6 Å². The fourth-order valence-corrected chi connectivity index (χ4v) is 5.49. The third kappa shape index (κ3) is 2.88. The normalized spacial score (nSPS) is 11.4. The van der Waals surface area contributed by atoms with Crippen molar-refractivity contribution in [1.82, 2.24) is 9.55 Å². The molecule has 0 aliphatic heterocycles. The third-order valence-corrected chi connectivity index (χ3v) is 7.11. The summed E-state index contributed by atoms with van der Waals surface area (Å²) in [6.07, 6.45) is 0. The number of aryl methyl sites for hydroxylation is 2. The summed E-state index contributed by atoms with van der Waals surface area (Å²) in [5, 5.41) is 1.05. The molecule has 0 amide bonds. The van der Waals surface area contributed by atoms with E-state index in [0.717, 1.165) is 27.6 Å². The summed E-state index contributed by atoms with van der Waals surface area (Å²) < 4.78 is 5.86. The summed E-state index contributed by atoms with van der Waals surface area (Å²) in [5.74, 6) is 1.14. The van der Waals surface area contributed by atoms with Crippen molar-refractivity contribution in [2.75, 3.05) is 0 Å². The largest absolute Gasteiger partial charge is 0.297 e. The smallest absolute Gasteiger partial charge is 0.235 e. The Morgan fingerprint density at radius 2 is 1.47 bits per heavy atom. The highest BCUT2D eigenvalue weighted by atomic mass is 32.1. The van der Waals surface area contributed by atoms with Gasteiger partial charge in [-0.3, -0.25) is 0 Å². The lowest BCUT2D eigenvalue weighted by Crippen LogP contribution is -2.30. The molecule has 6 rings (SSSR count). The van der Waals surface area contributed by atoms with E-state index in [-0.39, 0.29) is 0 Å². The second-order valence-corrected chi connectivity index (χ2v) is 9.06. The van der Waals surface area contributed by atoms with E-state index in [4.69, 9.17) is 4.98 Å².